The lowest BCUT2D eigenvalue weighted by Gasteiger charge is -2.45. The van der Waals surface area contributed by atoms with Crippen molar-refractivity contribution in [3.63, 3.8) is 0 Å². The minimum atomic E-state index is -0.185. The van der Waals surface area contributed by atoms with Gasteiger partial charge in [-0.1, -0.05) is 38.5 Å². The van der Waals surface area contributed by atoms with Crippen LogP contribution in [0.4, 0.5) is 10.5 Å². The van der Waals surface area contributed by atoms with Crippen LogP contribution in [0, 0.1) is 0 Å². The summed E-state index contributed by atoms with van der Waals surface area (Å²) >= 11 is 0. The monoisotopic (exact) mass is 332 g/mol. The van der Waals surface area contributed by atoms with Gasteiger partial charge in [0, 0.05) is 31.0 Å². The molecule has 0 bridgehead atoms. The Morgan fingerprint density at radius 2 is 2.00 bits per heavy atom. The minimum Gasteiger partial charge on any atom is -0.381 e. The van der Waals surface area contributed by atoms with Crippen molar-refractivity contribution >= 4 is 11.7 Å². The van der Waals surface area contributed by atoms with Crippen molar-refractivity contribution in [1.82, 2.24) is 5.32 Å². The van der Waals surface area contributed by atoms with E-state index < -0.39 is 0 Å². The van der Waals surface area contributed by atoms with Gasteiger partial charge in [0.2, 0.25) is 0 Å². The topological polar surface area (TPSA) is 41.6 Å². The van der Waals surface area contributed by atoms with E-state index >= 15 is 0 Å². The van der Waals surface area contributed by atoms with Gasteiger partial charge in [-0.15, -0.1) is 0 Å². The lowest BCUT2D eigenvalue weighted by Crippen LogP contribution is -2.55. The van der Waals surface area contributed by atoms with E-state index in [1.807, 2.05) is 11.0 Å². The molecule has 1 aliphatic heterocycles. The first-order valence-corrected chi connectivity index (χ1v) is 9.22. The van der Waals surface area contributed by atoms with E-state index in [9.17, 15) is 4.79 Å². The second kappa shape index (κ2) is 8.52. The molecule has 0 saturated heterocycles. The van der Waals surface area contributed by atoms with Crippen LogP contribution >= 0.6 is 0 Å². The molecule has 2 amide bonds. The molecule has 1 unspecified atom stereocenters. The van der Waals surface area contributed by atoms with Crippen molar-refractivity contribution in [2.24, 2.45) is 0 Å². The number of hydrogen-bond donors (Lipinski definition) is 1. The van der Waals surface area contributed by atoms with Gasteiger partial charge in [-0.05, 0) is 50.7 Å². The average Bonchev–Trinajstić information content (AvgIpc) is 2.53. The lowest BCUT2D eigenvalue weighted by molar-refractivity contribution is 0.129. The maximum Gasteiger partial charge on any atom is 0.322 e. The summed E-state index contributed by atoms with van der Waals surface area (Å²) in [6.07, 6.45) is 4.07. The molecule has 0 fully saturated rings. The van der Waals surface area contributed by atoms with E-state index in [1.165, 1.54) is 5.56 Å². The van der Waals surface area contributed by atoms with Gasteiger partial charge in [0.05, 0.1) is 0 Å². The Kier molecular flexibility index (Phi) is 6.67. The van der Waals surface area contributed by atoms with Crippen molar-refractivity contribution in [2.75, 3.05) is 24.7 Å². The highest BCUT2D eigenvalue weighted by Gasteiger charge is 2.39. The van der Waals surface area contributed by atoms with Crippen molar-refractivity contribution in [3.05, 3.63) is 29.8 Å². The van der Waals surface area contributed by atoms with Crippen LogP contribution in [0.5, 0.6) is 0 Å². The third kappa shape index (κ3) is 4.50. The predicted molar refractivity (Wildman–Crippen MR) is 99.8 cm³/mol. The molecule has 0 aromatic heterocycles. The van der Waals surface area contributed by atoms with Gasteiger partial charge in [0.15, 0.2) is 0 Å². The minimum absolute atomic E-state index is 0.00657. The number of nitrogens with zero attached hydrogens (tertiary/aromatic N) is 1. The fourth-order valence-corrected chi connectivity index (χ4v) is 3.57. The first kappa shape index (κ1) is 18.8. The van der Waals surface area contributed by atoms with Crippen LogP contribution in [0.3, 0.4) is 0 Å². The summed E-state index contributed by atoms with van der Waals surface area (Å²) in [7, 11) is 0. The largest absolute Gasteiger partial charge is 0.381 e. The Labute approximate surface area is 146 Å². The SMILES string of the molecule is CCCCOCCCNC(=O)N1c2ccccc2C(C)CC1(C)C. The van der Waals surface area contributed by atoms with E-state index in [0.29, 0.717) is 19.1 Å². The van der Waals surface area contributed by atoms with Gasteiger partial charge < -0.3 is 10.1 Å². The highest BCUT2D eigenvalue weighted by molar-refractivity contribution is 5.95. The van der Waals surface area contributed by atoms with Crippen LogP contribution in [0.25, 0.3) is 0 Å². The van der Waals surface area contributed by atoms with Gasteiger partial charge in [-0.2, -0.15) is 0 Å². The van der Waals surface area contributed by atoms with E-state index in [4.69, 9.17) is 4.74 Å². The number of rotatable bonds is 7. The summed E-state index contributed by atoms with van der Waals surface area (Å²) in [6.45, 7) is 10.9. The second-order valence-electron chi connectivity index (χ2n) is 7.36. The highest BCUT2D eigenvalue weighted by Crippen LogP contribution is 2.42. The molecule has 1 heterocycles. The highest BCUT2D eigenvalue weighted by atomic mass is 16.5. The molecule has 0 saturated carbocycles. The lowest BCUT2D eigenvalue weighted by atomic mass is 9.80. The molecule has 2 rings (SSSR count). The molecule has 1 N–H and O–H groups in total. The van der Waals surface area contributed by atoms with Gasteiger partial charge in [0.1, 0.15) is 0 Å². The molecule has 4 nitrogen and oxygen atoms in total. The Balaban J connectivity index is 1.94. The molecule has 24 heavy (non-hydrogen) atoms. The van der Waals surface area contributed by atoms with E-state index in [-0.39, 0.29) is 11.6 Å². The molecule has 0 spiro atoms. The zero-order chi connectivity index (χ0) is 17.6. The number of nitrogens with one attached hydrogen (secondary N) is 1. The number of amides is 2. The molecule has 4 heteroatoms. The number of benzene rings is 1. The standard InChI is InChI=1S/C20H32N2O2/c1-5-6-13-24-14-9-12-21-19(23)22-18-11-8-7-10-17(18)16(2)15-20(22,3)4/h7-8,10-11,16H,5-6,9,12-15H2,1-4H3,(H,21,23). The van der Waals surface area contributed by atoms with Crippen LogP contribution < -0.4 is 10.2 Å². The zero-order valence-corrected chi connectivity index (χ0v) is 15.6. The quantitative estimate of drug-likeness (QED) is 0.736. The number of unbranched alkanes of at least 4 members (excludes halogenated alkanes) is 1. The Hall–Kier alpha value is -1.55. The number of urea groups is 1. The summed E-state index contributed by atoms with van der Waals surface area (Å²) in [4.78, 5) is 14.7. The van der Waals surface area contributed by atoms with Crippen molar-refractivity contribution in [2.45, 2.75) is 64.8 Å². The average molecular weight is 332 g/mol. The van der Waals surface area contributed by atoms with Gasteiger partial charge in [-0.25, -0.2) is 4.79 Å². The van der Waals surface area contributed by atoms with Crippen molar-refractivity contribution < 1.29 is 9.53 Å². The van der Waals surface area contributed by atoms with Crippen molar-refractivity contribution in [1.29, 1.82) is 0 Å². The van der Waals surface area contributed by atoms with Crippen molar-refractivity contribution in [3.8, 4) is 0 Å². The normalized spacial score (nSPS) is 19.0. The summed E-state index contributed by atoms with van der Waals surface area (Å²) in [5.74, 6) is 0.465. The molecular formula is C20H32N2O2. The van der Waals surface area contributed by atoms with Crippen LogP contribution in [-0.2, 0) is 4.74 Å². The Morgan fingerprint density at radius 1 is 1.29 bits per heavy atom. The third-order valence-corrected chi connectivity index (χ3v) is 4.71. The smallest absolute Gasteiger partial charge is 0.322 e. The molecule has 1 atom stereocenters. The van der Waals surface area contributed by atoms with Crippen LogP contribution in [0.1, 0.15) is 64.9 Å². The summed E-state index contributed by atoms with van der Waals surface area (Å²) in [5.41, 5.74) is 2.11. The van der Waals surface area contributed by atoms with E-state index in [1.54, 1.807) is 0 Å². The molecular weight excluding hydrogens is 300 g/mol. The molecule has 1 aliphatic rings. The number of fused-ring (bicyclic) bond motifs is 1. The predicted octanol–water partition coefficient (Wildman–Crippen LogP) is 4.70. The Bertz CT molecular complexity index is 542. The number of carbonyl (C=O) groups is 1. The first-order chi connectivity index (χ1) is 11.5. The fourth-order valence-electron chi connectivity index (χ4n) is 3.57. The number of hydrogen-bond acceptors (Lipinski definition) is 2. The number of anilines is 1. The first-order valence-electron chi connectivity index (χ1n) is 9.22. The fraction of sp³-hybridized carbons (Fsp3) is 0.650. The van der Waals surface area contributed by atoms with Crippen LogP contribution in [-0.4, -0.2) is 31.3 Å². The zero-order valence-electron chi connectivity index (χ0n) is 15.6. The summed E-state index contributed by atoms with van der Waals surface area (Å²) < 4.78 is 5.55. The maximum atomic E-state index is 12.8. The Morgan fingerprint density at radius 3 is 2.75 bits per heavy atom. The third-order valence-electron chi connectivity index (χ3n) is 4.71. The maximum absolute atomic E-state index is 12.8. The van der Waals surface area contributed by atoms with Crippen LogP contribution in [0.2, 0.25) is 0 Å². The van der Waals surface area contributed by atoms with Gasteiger partial charge >= 0.3 is 6.03 Å². The number of para-hydroxylation sites is 1. The van der Waals surface area contributed by atoms with E-state index in [2.05, 4.69) is 51.2 Å². The van der Waals surface area contributed by atoms with E-state index in [0.717, 1.165) is 38.0 Å². The molecule has 0 aliphatic carbocycles. The van der Waals surface area contributed by atoms with Gasteiger partial charge in [0.25, 0.3) is 0 Å². The molecule has 1 aromatic rings. The number of carbonyl (C=O) groups excluding carboxylic acids is 1. The molecule has 0 radical (unpaired) electrons. The molecule has 134 valence electrons. The number of ether oxygens (including phenoxy) is 1. The summed E-state index contributed by atoms with van der Waals surface area (Å²) in [5, 5.41) is 3.06. The molecule has 1 aromatic carbocycles. The second-order valence-corrected chi connectivity index (χ2v) is 7.36. The van der Waals surface area contributed by atoms with Crippen LogP contribution in [0.15, 0.2) is 24.3 Å². The summed E-state index contributed by atoms with van der Waals surface area (Å²) in [6, 6.07) is 8.25. The van der Waals surface area contributed by atoms with Gasteiger partial charge in [-0.3, -0.25) is 4.90 Å².